The third-order valence-electron chi connectivity index (χ3n) is 4.68. The van der Waals surface area contributed by atoms with Crippen molar-refractivity contribution < 1.29 is 17.7 Å². The molecule has 30 heavy (non-hydrogen) atoms. The molecule has 2 aromatic heterocycles. The molecular formula is C19H24ClF3N6O. The monoisotopic (exact) mass is 444 g/mol. The Balaban J connectivity index is 1.62. The molecule has 0 amide bonds. The minimum Gasteiger partial charge on any atom is -0.359 e. The molecule has 0 aliphatic carbocycles. The molecule has 3 rings (SSSR count). The molecule has 0 bridgehead atoms. The van der Waals surface area contributed by atoms with Crippen LogP contribution >= 0.6 is 11.6 Å². The average Bonchev–Trinajstić information content (AvgIpc) is 3.35. The fraction of sp³-hybridized carbons (Fsp3) is 0.526. The SMILES string of the molecule is CCNC(=NCc1cc(CC)no1)NC1CCN(c2ncc(C(F)(F)F)cc2Cl)C1. The summed E-state index contributed by atoms with van der Waals surface area (Å²) in [5, 5.41) is 10.5. The van der Waals surface area contributed by atoms with Crippen LogP contribution in [0.1, 0.15) is 37.3 Å². The molecule has 2 N–H and O–H groups in total. The van der Waals surface area contributed by atoms with Crippen molar-refractivity contribution >= 4 is 23.4 Å². The van der Waals surface area contributed by atoms with Crippen LogP contribution in [0.5, 0.6) is 0 Å². The maximum Gasteiger partial charge on any atom is 0.417 e. The van der Waals surface area contributed by atoms with Gasteiger partial charge in [-0.2, -0.15) is 13.2 Å². The van der Waals surface area contributed by atoms with Gasteiger partial charge in [0, 0.05) is 37.9 Å². The molecule has 11 heteroatoms. The quantitative estimate of drug-likeness (QED) is 0.523. The van der Waals surface area contributed by atoms with E-state index in [1.165, 1.54) is 0 Å². The maximum atomic E-state index is 12.8. The van der Waals surface area contributed by atoms with E-state index in [4.69, 9.17) is 16.1 Å². The Bertz CT molecular complexity index is 885. The number of guanidine groups is 1. The summed E-state index contributed by atoms with van der Waals surface area (Å²) in [6.07, 6.45) is -2.09. The van der Waals surface area contributed by atoms with Gasteiger partial charge in [-0.05, 0) is 25.8 Å². The molecule has 0 spiro atoms. The lowest BCUT2D eigenvalue weighted by atomic mass is 10.2. The fourth-order valence-electron chi connectivity index (χ4n) is 3.16. The van der Waals surface area contributed by atoms with Crippen LogP contribution in [0.2, 0.25) is 5.02 Å². The zero-order valence-electron chi connectivity index (χ0n) is 16.8. The first kappa shape index (κ1) is 22.2. The first-order chi connectivity index (χ1) is 14.3. The van der Waals surface area contributed by atoms with E-state index in [2.05, 4.69) is 25.8 Å². The third-order valence-corrected chi connectivity index (χ3v) is 4.96. The Kier molecular flexibility index (Phi) is 7.06. The second-order valence-corrected chi connectivity index (χ2v) is 7.34. The smallest absolute Gasteiger partial charge is 0.359 e. The summed E-state index contributed by atoms with van der Waals surface area (Å²) >= 11 is 6.07. The Morgan fingerprint density at radius 3 is 2.80 bits per heavy atom. The van der Waals surface area contributed by atoms with Gasteiger partial charge in [0.15, 0.2) is 11.7 Å². The molecule has 3 heterocycles. The van der Waals surface area contributed by atoms with Crippen LogP contribution in [0.3, 0.4) is 0 Å². The summed E-state index contributed by atoms with van der Waals surface area (Å²) in [6, 6.07) is 2.84. The number of alkyl halides is 3. The zero-order valence-corrected chi connectivity index (χ0v) is 17.5. The number of hydrogen-bond donors (Lipinski definition) is 2. The highest BCUT2D eigenvalue weighted by Crippen LogP contribution is 2.34. The number of aromatic nitrogens is 2. The third kappa shape index (κ3) is 5.56. The number of aliphatic imine (C=N–C) groups is 1. The van der Waals surface area contributed by atoms with Gasteiger partial charge in [-0.1, -0.05) is 23.7 Å². The van der Waals surface area contributed by atoms with E-state index < -0.39 is 11.7 Å². The summed E-state index contributed by atoms with van der Waals surface area (Å²) in [7, 11) is 0. The summed E-state index contributed by atoms with van der Waals surface area (Å²) in [4.78, 5) is 10.3. The highest BCUT2D eigenvalue weighted by Gasteiger charge is 2.33. The van der Waals surface area contributed by atoms with E-state index in [9.17, 15) is 13.2 Å². The van der Waals surface area contributed by atoms with E-state index in [0.29, 0.717) is 43.7 Å². The van der Waals surface area contributed by atoms with Gasteiger partial charge in [-0.15, -0.1) is 0 Å². The van der Waals surface area contributed by atoms with Gasteiger partial charge in [-0.3, -0.25) is 0 Å². The van der Waals surface area contributed by atoms with Gasteiger partial charge in [-0.25, -0.2) is 9.98 Å². The van der Waals surface area contributed by atoms with Crippen molar-refractivity contribution in [1.82, 2.24) is 20.8 Å². The number of aryl methyl sites for hydroxylation is 1. The lowest BCUT2D eigenvalue weighted by Crippen LogP contribution is -2.44. The number of hydrogen-bond acceptors (Lipinski definition) is 5. The van der Waals surface area contributed by atoms with Gasteiger partial charge in [0.25, 0.3) is 0 Å². The predicted octanol–water partition coefficient (Wildman–Crippen LogP) is 3.64. The number of pyridine rings is 1. The van der Waals surface area contributed by atoms with Crippen molar-refractivity contribution in [3.8, 4) is 0 Å². The van der Waals surface area contributed by atoms with Crippen molar-refractivity contribution in [1.29, 1.82) is 0 Å². The summed E-state index contributed by atoms with van der Waals surface area (Å²) in [5.74, 6) is 1.66. The van der Waals surface area contributed by atoms with Crippen molar-refractivity contribution in [3.05, 3.63) is 40.4 Å². The van der Waals surface area contributed by atoms with Crippen LogP contribution in [-0.2, 0) is 19.1 Å². The summed E-state index contributed by atoms with van der Waals surface area (Å²) < 4.78 is 43.7. The molecule has 1 aliphatic heterocycles. The molecule has 1 fully saturated rings. The van der Waals surface area contributed by atoms with Crippen LogP contribution in [0.25, 0.3) is 0 Å². The molecule has 0 saturated carbocycles. The second-order valence-electron chi connectivity index (χ2n) is 6.94. The standard InChI is InChI=1S/C19H24ClF3N6O/c1-3-13-8-15(30-28-13)10-26-18(24-4-2)27-14-5-6-29(11-14)17-16(20)7-12(9-25-17)19(21,22)23/h7-9,14H,3-6,10-11H2,1-2H3,(H2,24,26,27). The second kappa shape index (κ2) is 9.55. The van der Waals surface area contributed by atoms with Crippen LogP contribution in [0, 0.1) is 0 Å². The normalized spacial score (nSPS) is 17.5. The van der Waals surface area contributed by atoms with E-state index in [0.717, 1.165) is 30.8 Å². The first-order valence-electron chi connectivity index (χ1n) is 9.77. The van der Waals surface area contributed by atoms with Crippen LogP contribution < -0.4 is 15.5 Å². The molecule has 1 saturated heterocycles. The average molecular weight is 445 g/mol. The molecule has 0 aromatic carbocycles. The van der Waals surface area contributed by atoms with Crippen molar-refractivity contribution in [2.24, 2.45) is 4.99 Å². The van der Waals surface area contributed by atoms with Crippen LogP contribution in [0.4, 0.5) is 19.0 Å². The lowest BCUT2D eigenvalue weighted by Gasteiger charge is -2.21. The van der Waals surface area contributed by atoms with Crippen molar-refractivity contribution in [3.63, 3.8) is 0 Å². The van der Waals surface area contributed by atoms with Gasteiger partial charge in [0.2, 0.25) is 0 Å². The Hall–Kier alpha value is -2.49. The number of anilines is 1. The van der Waals surface area contributed by atoms with Gasteiger partial charge in [0.05, 0.1) is 16.3 Å². The maximum absolute atomic E-state index is 12.8. The minimum absolute atomic E-state index is 0.0110. The summed E-state index contributed by atoms with van der Waals surface area (Å²) in [6.45, 7) is 6.17. The van der Waals surface area contributed by atoms with Crippen LogP contribution in [-0.4, -0.2) is 41.8 Å². The van der Waals surface area contributed by atoms with Gasteiger partial charge < -0.3 is 20.1 Å². The molecule has 164 valence electrons. The van der Waals surface area contributed by atoms with Gasteiger partial charge >= 0.3 is 6.18 Å². The molecule has 0 radical (unpaired) electrons. The fourth-order valence-corrected chi connectivity index (χ4v) is 3.44. The molecule has 7 nitrogen and oxygen atoms in total. The molecule has 2 aromatic rings. The van der Waals surface area contributed by atoms with Crippen LogP contribution in [0.15, 0.2) is 27.8 Å². The molecular weight excluding hydrogens is 421 g/mol. The minimum atomic E-state index is -4.47. The Morgan fingerprint density at radius 1 is 1.37 bits per heavy atom. The topological polar surface area (TPSA) is 78.6 Å². The molecule has 1 aliphatic rings. The zero-order chi connectivity index (χ0) is 21.7. The van der Waals surface area contributed by atoms with E-state index >= 15 is 0 Å². The highest BCUT2D eigenvalue weighted by molar-refractivity contribution is 6.33. The highest BCUT2D eigenvalue weighted by atomic mass is 35.5. The van der Waals surface area contributed by atoms with E-state index in [-0.39, 0.29) is 11.1 Å². The lowest BCUT2D eigenvalue weighted by molar-refractivity contribution is -0.137. The molecule has 1 atom stereocenters. The number of rotatable bonds is 6. The van der Waals surface area contributed by atoms with Crippen molar-refractivity contribution in [2.75, 3.05) is 24.5 Å². The van der Waals surface area contributed by atoms with Gasteiger partial charge in [0.1, 0.15) is 12.4 Å². The molecule has 1 unspecified atom stereocenters. The van der Waals surface area contributed by atoms with E-state index in [1.54, 1.807) is 0 Å². The number of halogens is 4. The van der Waals surface area contributed by atoms with Crippen molar-refractivity contribution in [2.45, 2.75) is 45.5 Å². The first-order valence-corrected chi connectivity index (χ1v) is 10.1. The number of nitrogens with zero attached hydrogens (tertiary/aromatic N) is 4. The van der Waals surface area contributed by atoms with E-state index in [1.807, 2.05) is 24.8 Å². The predicted molar refractivity (Wildman–Crippen MR) is 109 cm³/mol. The number of nitrogens with one attached hydrogen (secondary N) is 2. The Morgan fingerprint density at radius 2 is 2.17 bits per heavy atom. The Labute approximate surface area is 177 Å². The largest absolute Gasteiger partial charge is 0.417 e. The summed E-state index contributed by atoms with van der Waals surface area (Å²) in [5.41, 5.74) is 0.0239.